The number of rotatable bonds is 10. The number of carbonyl (C=O) groups is 2. The maximum atomic E-state index is 11.4. The first-order valence-electron chi connectivity index (χ1n) is 6.49. The first kappa shape index (κ1) is 27.7. The van der Waals surface area contributed by atoms with Gasteiger partial charge in [-0.05, 0) is 12.3 Å². The predicted molar refractivity (Wildman–Crippen MR) is 86.2 cm³/mol. The minimum atomic E-state index is -4.77. The van der Waals surface area contributed by atoms with Gasteiger partial charge in [0.25, 0.3) is 10.1 Å². The van der Waals surface area contributed by atoms with Crippen molar-refractivity contribution < 1.29 is 32.4 Å². The molecule has 0 aromatic heterocycles. The summed E-state index contributed by atoms with van der Waals surface area (Å²) >= 11 is 0. The van der Waals surface area contributed by atoms with Crippen LogP contribution >= 0.6 is 0 Å². The second-order valence-electron chi connectivity index (χ2n) is 5.01. The van der Waals surface area contributed by atoms with Gasteiger partial charge in [-0.15, -0.1) is 0 Å². The molecule has 10 heteroatoms. The van der Waals surface area contributed by atoms with Crippen molar-refractivity contribution in [2.45, 2.75) is 51.2 Å². The Labute approximate surface area is 175 Å². The average Bonchev–Trinajstić information content (AvgIpc) is 2.28. The number of carboxylic acid groups (broad SMARTS) is 1. The molecule has 2 N–H and O–H groups in total. The van der Waals surface area contributed by atoms with E-state index in [1.807, 2.05) is 0 Å². The number of esters is 1. The van der Waals surface area contributed by atoms with Gasteiger partial charge < -0.3 is 9.84 Å². The molecule has 0 fully saturated rings. The first-order chi connectivity index (χ1) is 9.14. The van der Waals surface area contributed by atoms with E-state index in [2.05, 4.69) is 13.8 Å². The summed E-state index contributed by atoms with van der Waals surface area (Å²) in [5, 5.41) is 6.45. The molecule has 7 nitrogen and oxygen atoms in total. The second-order valence-corrected chi connectivity index (χ2v) is 6.61. The molecule has 1 unspecified atom stereocenters. The molecule has 0 saturated carbocycles. The average molecular weight is 358 g/mol. The van der Waals surface area contributed by atoms with Crippen molar-refractivity contribution >= 4 is 81.2 Å². The van der Waals surface area contributed by atoms with Crippen LogP contribution in [0.5, 0.6) is 0 Å². The van der Waals surface area contributed by atoms with Crippen molar-refractivity contribution in [3.63, 3.8) is 0 Å². The topological polar surface area (TPSA) is 118 Å². The summed E-state index contributed by atoms with van der Waals surface area (Å²) < 4.78 is 35.3. The number of carboxylic acids is 1. The van der Waals surface area contributed by atoms with Crippen LogP contribution in [0.2, 0.25) is 0 Å². The Bertz CT molecular complexity index is 423. The molecule has 0 radical (unpaired) electrons. The van der Waals surface area contributed by atoms with Crippen LogP contribution in [0.1, 0.15) is 46.0 Å². The fourth-order valence-corrected chi connectivity index (χ4v) is 2.23. The van der Waals surface area contributed by atoms with E-state index in [-0.39, 0.29) is 65.7 Å². The summed E-state index contributed by atoms with van der Waals surface area (Å²) in [7, 11) is -4.77. The summed E-state index contributed by atoms with van der Waals surface area (Å²) in [5.41, 5.74) is 0. The third-order valence-electron chi connectivity index (χ3n) is 2.65. The Morgan fingerprint density at radius 1 is 1.09 bits per heavy atom. The van der Waals surface area contributed by atoms with Crippen LogP contribution in [0.3, 0.4) is 0 Å². The summed E-state index contributed by atoms with van der Waals surface area (Å²) in [6.07, 6.45) is 2.43. The number of unbranched alkanes of at least 4 members (excludes halogenated alkanes) is 2. The van der Waals surface area contributed by atoms with E-state index in [1.165, 1.54) is 0 Å². The molecule has 0 aliphatic rings. The molecule has 0 aliphatic carbocycles. The maximum absolute atomic E-state index is 11.4. The van der Waals surface area contributed by atoms with Gasteiger partial charge in [0.15, 0.2) is 5.25 Å². The molecular formula is C12H24Na2O7S. The van der Waals surface area contributed by atoms with Crippen LogP contribution < -0.4 is 0 Å². The molecule has 0 aromatic carbocycles. The third-order valence-corrected chi connectivity index (χ3v) is 3.73. The van der Waals surface area contributed by atoms with Gasteiger partial charge in [0.1, 0.15) is 0 Å². The zero-order valence-corrected chi connectivity index (χ0v) is 12.6. The monoisotopic (exact) mass is 358 g/mol. The van der Waals surface area contributed by atoms with E-state index in [0.29, 0.717) is 12.3 Å². The molecule has 0 spiro atoms. The van der Waals surface area contributed by atoms with Gasteiger partial charge >= 0.3 is 71.1 Å². The van der Waals surface area contributed by atoms with Gasteiger partial charge in [-0.1, -0.05) is 33.1 Å². The van der Waals surface area contributed by atoms with E-state index in [1.54, 1.807) is 0 Å². The quantitative estimate of drug-likeness (QED) is 0.247. The third kappa shape index (κ3) is 14.4. The van der Waals surface area contributed by atoms with Crippen molar-refractivity contribution in [3.05, 3.63) is 0 Å². The Morgan fingerprint density at radius 3 is 2.05 bits per heavy atom. The normalized spacial score (nSPS) is 12.0. The molecule has 1 atom stereocenters. The Morgan fingerprint density at radius 2 is 1.64 bits per heavy atom. The van der Waals surface area contributed by atoms with Crippen molar-refractivity contribution in [1.82, 2.24) is 0 Å². The van der Waals surface area contributed by atoms with Crippen molar-refractivity contribution in [2.75, 3.05) is 6.61 Å². The second kappa shape index (κ2) is 14.2. The van der Waals surface area contributed by atoms with Crippen molar-refractivity contribution in [2.24, 2.45) is 5.92 Å². The Kier molecular flexibility index (Phi) is 17.9. The summed E-state index contributed by atoms with van der Waals surface area (Å²) in [6, 6.07) is 0. The van der Waals surface area contributed by atoms with Gasteiger partial charge in [0, 0.05) is 0 Å². The van der Waals surface area contributed by atoms with Crippen LogP contribution in [0.15, 0.2) is 0 Å². The van der Waals surface area contributed by atoms with E-state index < -0.39 is 33.7 Å². The summed E-state index contributed by atoms with van der Waals surface area (Å²) in [5.74, 6) is -2.13. The molecule has 0 rings (SSSR count). The fraction of sp³-hybridized carbons (Fsp3) is 0.833. The van der Waals surface area contributed by atoms with Gasteiger partial charge in [0.2, 0.25) is 0 Å². The minimum absolute atomic E-state index is 0. The Hall–Kier alpha value is 0.850. The molecular weight excluding hydrogens is 334 g/mol. The number of aliphatic carboxylic acids is 1. The van der Waals surface area contributed by atoms with Crippen LogP contribution in [0.25, 0.3) is 0 Å². The molecule has 0 saturated heterocycles. The van der Waals surface area contributed by atoms with Crippen LogP contribution in [-0.2, 0) is 24.4 Å². The number of ether oxygens (including phenoxy) is 1. The van der Waals surface area contributed by atoms with E-state index >= 15 is 0 Å². The van der Waals surface area contributed by atoms with E-state index in [4.69, 9.17) is 14.4 Å². The molecule has 0 amide bonds. The SMILES string of the molecule is CC(C)CCCCCOC(=O)C(CC(=O)O)S(=O)(=O)O.[NaH].[NaH]. The molecule has 122 valence electrons. The zero-order valence-electron chi connectivity index (χ0n) is 11.7. The molecule has 0 bridgehead atoms. The molecule has 0 heterocycles. The van der Waals surface area contributed by atoms with Gasteiger partial charge in [0.05, 0.1) is 13.0 Å². The van der Waals surface area contributed by atoms with Gasteiger partial charge in [-0.25, -0.2) is 0 Å². The van der Waals surface area contributed by atoms with Crippen LogP contribution in [0.4, 0.5) is 0 Å². The van der Waals surface area contributed by atoms with E-state index in [0.717, 1.165) is 19.3 Å². The number of hydrogen-bond donors (Lipinski definition) is 2. The van der Waals surface area contributed by atoms with Gasteiger partial charge in [-0.3, -0.25) is 14.1 Å². The summed E-state index contributed by atoms with van der Waals surface area (Å²) in [6.45, 7) is 4.22. The van der Waals surface area contributed by atoms with Crippen molar-refractivity contribution in [1.29, 1.82) is 0 Å². The summed E-state index contributed by atoms with van der Waals surface area (Å²) in [4.78, 5) is 21.9. The number of carbonyl (C=O) groups excluding carboxylic acids is 1. The van der Waals surface area contributed by atoms with E-state index in [9.17, 15) is 18.0 Å². The standard InChI is InChI=1S/C12H22O7S.2Na.2H/c1-9(2)6-4-3-5-7-19-12(15)10(8-11(13)14)20(16,17)18;;;;/h9-10H,3-8H2,1-2H3,(H,13,14)(H,16,17,18);;;;. The number of hydrogen-bond acceptors (Lipinski definition) is 5. The van der Waals surface area contributed by atoms with Crippen LogP contribution in [-0.4, -0.2) is 101 Å². The van der Waals surface area contributed by atoms with Crippen LogP contribution in [0, 0.1) is 5.92 Å². The molecule has 0 aliphatic heterocycles. The first-order valence-corrected chi connectivity index (χ1v) is 7.99. The Balaban J connectivity index is -0.00000180. The van der Waals surface area contributed by atoms with Crippen molar-refractivity contribution in [3.8, 4) is 0 Å². The molecule has 22 heavy (non-hydrogen) atoms. The predicted octanol–water partition coefficient (Wildman–Crippen LogP) is 0.180. The fourth-order valence-electron chi connectivity index (χ4n) is 1.57. The molecule has 0 aromatic rings. The zero-order chi connectivity index (χ0) is 15.8. The van der Waals surface area contributed by atoms with Gasteiger partial charge in [-0.2, -0.15) is 8.42 Å².